The Morgan fingerprint density at radius 1 is 0.796 bits per heavy atom. The maximum absolute atomic E-state index is 13.1. The maximum atomic E-state index is 13.1. The summed E-state index contributed by atoms with van der Waals surface area (Å²) in [4.78, 5) is 50.8. The number of carbonyl (C=O) groups is 3. The number of pyridine rings is 1. The van der Waals surface area contributed by atoms with Crippen LogP contribution in [0.2, 0.25) is 0 Å². The van der Waals surface area contributed by atoms with Crippen molar-refractivity contribution in [2.45, 2.75) is 51.6 Å². The monoisotopic (exact) mass is 724 g/mol. The molecule has 4 aromatic rings. The number of benzene rings is 3. The second kappa shape index (κ2) is 15.5. The van der Waals surface area contributed by atoms with Crippen LogP contribution in [0.1, 0.15) is 71.6 Å². The van der Waals surface area contributed by atoms with Crippen molar-refractivity contribution in [1.82, 2.24) is 20.1 Å². The van der Waals surface area contributed by atoms with Gasteiger partial charge in [0, 0.05) is 70.7 Å². The molecule has 54 heavy (non-hydrogen) atoms. The van der Waals surface area contributed by atoms with Crippen molar-refractivity contribution < 1.29 is 19.5 Å². The third-order valence-electron chi connectivity index (χ3n) is 11.7. The summed E-state index contributed by atoms with van der Waals surface area (Å²) >= 11 is 0. The van der Waals surface area contributed by atoms with Gasteiger partial charge in [0.2, 0.25) is 11.8 Å². The summed E-state index contributed by atoms with van der Waals surface area (Å²) in [5.41, 5.74) is 8.69. The van der Waals surface area contributed by atoms with Crippen molar-refractivity contribution in [2.75, 3.05) is 55.6 Å². The number of phenolic OH excluding ortho intramolecular Hbond substituents is 1. The molecule has 1 unspecified atom stereocenters. The minimum atomic E-state index is -0.616. The van der Waals surface area contributed by atoms with Gasteiger partial charge in [-0.3, -0.25) is 24.6 Å². The van der Waals surface area contributed by atoms with Gasteiger partial charge in [-0.1, -0.05) is 61.5 Å². The normalized spacial score (nSPS) is 20.2. The zero-order valence-corrected chi connectivity index (χ0v) is 30.9. The highest BCUT2D eigenvalue weighted by Gasteiger charge is 2.39. The number of nitrogens with one attached hydrogen (secondary N) is 1. The Bertz CT molecular complexity index is 2030. The second-order valence-corrected chi connectivity index (χ2v) is 15.0. The Labute approximate surface area is 317 Å². The first-order chi connectivity index (χ1) is 26.3. The summed E-state index contributed by atoms with van der Waals surface area (Å²) in [6.45, 7) is 9.47. The van der Waals surface area contributed by atoms with Gasteiger partial charge < -0.3 is 19.8 Å². The molecule has 4 aliphatic heterocycles. The molecule has 0 saturated carbocycles. The van der Waals surface area contributed by atoms with E-state index in [0.29, 0.717) is 24.4 Å². The van der Waals surface area contributed by atoms with Gasteiger partial charge in [-0.25, -0.2) is 4.98 Å². The van der Waals surface area contributed by atoms with Crippen LogP contribution in [-0.4, -0.2) is 89.5 Å². The number of imide groups is 1. The van der Waals surface area contributed by atoms with Gasteiger partial charge in [0.15, 0.2) is 0 Å². The molecule has 1 atom stereocenters. The van der Waals surface area contributed by atoms with Crippen LogP contribution in [0.3, 0.4) is 0 Å². The topological polar surface area (TPSA) is 109 Å². The first-order valence-corrected chi connectivity index (χ1v) is 19.4. The third-order valence-corrected chi connectivity index (χ3v) is 11.7. The smallest absolute Gasteiger partial charge is 0.256 e. The van der Waals surface area contributed by atoms with Crippen LogP contribution in [-0.2, 0) is 16.1 Å². The molecule has 3 aromatic carbocycles. The van der Waals surface area contributed by atoms with Crippen LogP contribution < -0.4 is 15.1 Å². The number of rotatable bonds is 9. The van der Waals surface area contributed by atoms with E-state index in [1.807, 2.05) is 18.2 Å². The Morgan fingerprint density at radius 2 is 1.48 bits per heavy atom. The van der Waals surface area contributed by atoms with Gasteiger partial charge in [0.25, 0.3) is 5.91 Å². The Kier molecular flexibility index (Phi) is 10.2. The summed E-state index contributed by atoms with van der Waals surface area (Å²) in [5, 5.41) is 12.4. The number of hydrogen-bond acceptors (Lipinski definition) is 8. The molecule has 278 valence electrons. The molecule has 0 aliphatic carbocycles. The maximum Gasteiger partial charge on any atom is 0.256 e. The number of aromatic nitrogens is 1. The molecule has 3 saturated heterocycles. The van der Waals surface area contributed by atoms with Gasteiger partial charge in [-0.2, -0.15) is 0 Å². The van der Waals surface area contributed by atoms with E-state index in [2.05, 4.69) is 86.5 Å². The van der Waals surface area contributed by atoms with Gasteiger partial charge in [-0.15, -0.1) is 0 Å². The zero-order valence-electron chi connectivity index (χ0n) is 30.9. The van der Waals surface area contributed by atoms with E-state index in [-0.39, 0.29) is 24.0 Å². The minimum absolute atomic E-state index is 0.187. The van der Waals surface area contributed by atoms with E-state index in [4.69, 9.17) is 0 Å². The van der Waals surface area contributed by atoms with Crippen molar-refractivity contribution in [3.8, 4) is 5.75 Å². The first-order valence-electron chi connectivity index (χ1n) is 19.4. The minimum Gasteiger partial charge on any atom is -0.508 e. The molecule has 0 spiro atoms. The predicted molar refractivity (Wildman–Crippen MR) is 211 cm³/mol. The van der Waals surface area contributed by atoms with E-state index in [1.54, 1.807) is 23.2 Å². The molecule has 1 aromatic heterocycles. The largest absolute Gasteiger partial charge is 0.508 e. The lowest BCUT2D eigenvalue weighted by Crippen LogP contribution is -2.52. The molecular weight excluding hydrogens is 677 g/mol. The van der Waals surface area contributed by atoms with Crippen LogP contribution in [0.5, 0.6) is 5.75 Å². The molecule has 8 rings (SSSR count). The van der Waals surface area contributed by atoms with E-state index < -0.39 is 11.9 Å². The fraction of sp³-hybridized carbons (Fsp3) is 0.364. The number of fused-ring (bicyclic) bond motifs is 1. The average molecular weight is 725 g/mol. The SMILES string of the molecule is CC/C(=C(\c1ccc(O)cc1)c1ccc(N2CCC(CN3CCN(c4cc5c(cn4)C(=O)N(C4CCC(=O)NC4=O)C5)CC3)CC2)cc1)c1ccccc1. The molecular formula is C44H48N6O4. The number of piperidine rings is 2. The highest BCUT2D eigenvalue weighted by molar-refractivity contribution is 6.05. The van der Waals surface area contributed by atoms with Crippen molar-refractivity contribution in [3.63, 3.8) is 0 Å². The highest BCUT2D eigenvalue weighted by atomic mass is 16.3. The van der Waals surface area contributed by atoms with E-state index in [9.17, 15) is 19.5 Å². The number of allylic oxidation sites excluding steroid dienone is 1. The number of carbonyl (C=O) groups excluding carboxylic acids is 3. The van der Waals surface area contributed by atoms with Crippen molar-refractivity contribution in [1.29, 1.82) is 0 Å². The molecule has 0 radical (unpaired) electrons. The summed E-state index contributed by atoms with van der Waals surface area (Å²) in [7, 11) is 0. The molecule has 5 heterocycles. The highest BCUT2D eigenvalue weighted by Crippen LogP contribution is 2.36. The van der Waals surface area contributed by atoms with Crippen LogP contribution in [0.25, 0.3) is 11.1 Å². The van der Waals surface area contributed by atoms with Gasteiger partial charge in [0.1, 0.15) is 17.6 Å². The fourth-order valence-corrected chi connectivity index (χ4v) is 8.67. The fourth-order valence-electron chi connectivity index (χ4n) is 8.67. The quantitative estimate of drug-likeness (QED) is 0.161. The summed E-state index contributed by atoms with van der Waals surface area (Å²) in [5.74, 6) is 0.949. The molecule has 4 aliphatic rings. The molecule has 2 N–H and O–H groups in total. The number of nitrogens with zero attached hydrogens (tertiary/aromatic N) is 5. The number of amides is 3. The molecule has 3 amide bonds. The summed E-state index contributed by atoms with van der Waals surface area (Å²) < 4.78 is 0. The zero-order chi connectivity index (χ0) is 37.2. The second-order valence-electron chi connectivity index (χ2n) is 15.0. The van der Waals surface area contributed by atoms with Crippen molar-refractivity contribution in [2.24, 2.45) is 5.92 Å². The lowest BCUT2D eigenvalue weighted by atomic mass is 9.88. The number of anilines is 2. The van der Waals surface area contributed by atoms with Gasteiger partial charge >= 0.3 is 0 Å². The Morgan fingerprint density at radius 3 is 2.15 bits per heavy atom. The van der Waals surface area contributed by atoms with Crippen LogP contribution in [0.4, 0.5) is 11.5 Å². The number of phenols is 1. The van der Waals surface area contributed by atoms with Crippen LogP contribution >= 0.6 is 0 Å². The number of hydrogen-bond donors (Lipinski definition) is 2. The predicted octanol–water partition coefficient (Wildman–Crippen LogP) is 5.96. The summed E-state index contributed by atoms with van der Waals surface area (Å²) in [6.07, 6.45) is 5.48. The number of piperazine rings is 1. The summed E-state index contributed by atoms with van der Waals surface area (Å²) in [6, 6.07) is 28.6. The lowest BCUT2D eigenvalue weighted by Gasteiger charge is -2.39. The van der Waals surface area contributed by atoms with Gasteiger partial charge in [-0.05, 0) is 95.3 Å². The van der Waals surface area contributed by atoms with Crippen LogP contribution in [0.15, 0.2) is 91.1 Å². The standard InChI is InChI=1S/C44H48N6O4/c1-2-37(31-6-4-3-5-7-31)42(33-10-14-36(51)15-11-33)32-8-12-35(13-9-32)48-20-18-30(19-21-48)28-47-22-24-49(25-23-47)40-26-34-29-50(44(54)38(34)27-45-40)39-16-17-41(52)46-43(39)53/h3-15,26-27,30,39,51H,2,16-25,28-29H2,1H3,(H,46,52,53)/b42-37+. The lowest BCUT2D eigenvalue weighted by molar-refractivity contribution is -0.136. The van der Waals surface area contributed by atoms with Crippen LogP contribution in [0, 0.1) is 5.92 Å². The van der Waals surface area contributed by atoms with E-state index in [1.165, 1.54) is 40.8 Å². The third kappa shape index (κ3) is 7.35. The molecule has 3 fully saturated rings. The van der Waals surface area contributed by atoms with E-state index >= 15 is 0 Å². The average Bonchev–Trinajstić information content (AvgIpc) is 3.53. The van der Waals surface area contributed by atoms with Gasteiger partial charge in [0.05, 0.1) is 5.56 Å². The molecule has 10 heteroatoms. The Balaban J connectivity index is 0.851. The Hall–Kier alpha value is -5.48. The first kappa shape index (κ1) is 35.5. The van der Waals surface area contributed by atoms with Crippen molar-refractivity contribution >= 4 is 40.4 Å². The van der Waals surface area contributed by atoms with E-state index in [0.717, 1.165) is 69.2 Å². The molecule has 10 nitrogen and oxygen atoms in total. The molecule has 0 bridgehead atoms. The van der Waals surface area contributed by atoms with Crippen molar-refractivity contribution in [3.05, 3.63) is 119 Å². The number of aromatic hydroxyl groups is 1.